The van der Waals surface area contributed by atoms with Gasteiger partial charge in [0.15, 0.2) is 5.78 Å². The first-order valence-corrected chi connectivity index (χ1v) is 5.75. The highest BCUT2D eigenvalue weighted by molar-refractivity contribution is 6.30. The molecule has 0 saturated carbocycles. The van der Waals surface area contributed by atoms with Gasteiger partial charge in [0.1, 0.15) is 0 Å². The summed E-state index contributed by atoms with van der Waals surface area (Å²) in [4.78, 5) is 23.3. The van der Waals surface area contributed by atoms with Gasteiger partial charge in [0.25, 0.3) is 5.91 Å². The van der Waals surface area contributed by atoms with E-state index in [2.05, 4.69) is 5.32 Å². The average Bonchev–Trinajstić information content (AvgIpc) is 2.24. The van der Waals surface area contributed by atoms with Crippen LogP contribution in [0.2, 0.25) is 5.02 Å². The van der Waals surface area contributed by atoms with E-state index in [1.54, 1.807) is 24.3 Å². The highest BCUT2D eigenvalue weighted by Gasteiger charge is 2.21. The van der Waals surface area contributed by atoms with Crippen LogP contribution in [0.4, 0.5) is 0 Å². The zero-order valence-electron chi connectivity index (χ0n) is 10.2. The number of ketones is 1. The van der Waals surface area contributed by atoms with E-state index in [0.29, 0.717) is 10.6 Å². The molecule has 0 aliphatic rings. The topological polar surface area (TPSA) is 46.2 Å². The first kappa shape index (κ1) is 13.7. The Morgan fingerprint density at radius 3 is 2.47 bits per heavy atom. The van der Waals surface area contributed by atoms with Crippen molar-refractivity contribution in [3.8, 4) is 0 Å². The molecule has 1 N–H and O–H groups in total. The van der Waals surface area contributed by atoms with E-state index in [9.17, 15) is 9.59 Å². The van der Waals surface area contributed by atoms with Crippen LogP contribution < -0.4 is 5.32 Å². The average molecular weight is 254 g/mol. The van der Waals surface area contributed by atoms with Crippen molar-refractivity contribution in [2.24, 2.45) is 5.41 Å². The highest BCUT2D eigenvalue weighted by Crippen LogP contribution is 2.14. The van der Waals surface area contributed by atoms with E-state index < -0.39 is 5.41 Å². The molecular formula is C13H16ClNO2. The summed E-state index contributed by atoms with van der Waals surface area (Å²) >= 11 is 5.78. The molecular weight excluding hydrogens is 238 g/mol. The number of nitrogens with one attached hydrogen (secondary N) is 1. The van der Waals surface area contributed by atoms with Crippen LogP contribution in [0.25, 0.3) is 0 Å². The predicted molar refractivity (Wildman–Crippen MR) is 68.2 cm³/mol. The normalized spacial score (nSPS) is 11.1. The number of benzene rings is 1. The van der Waals surface area contributed by atoms with Crippen molar-refractivity contribution in [2.75, 3.05) is 6.54 Å². The number of carbonyl (C=O) groups is 2. The van der Waals surface area contributed by atoms with Crippen molar-refractivity contribution in [1.29, 1.82) is 0 Å². The van der Waals surface area contributed by atoms with Gasteiger partial charge in [0, 0.05) is 16.0 Å². The van der Waals surface area contributed by atoms with Gasteiger partial charge in [-0.1, -0.05) is 38.4 Å². The Labute approximate surface area is 106 Å². The number of Topliss-reactive ketones (excluding diaryl/α,β-unsaturated/α-hetero) is 1. The van der Waals surface area contributed by atoms with Crippen molar-refractivity contribution in [3.63, 3.8) is 0 Å². The summed E-state index contributed by atoms with van der Waals surface area (Å²) in [6.07, 6.45) is 0. The van der Waals surface area contributed by atoms with E-state index in [4.69, 9.17) is 11.6 Å². The van der Waals surface area contributed by atoms with Gasteiger partial charge in [0.05, 0.1) is 6.54 Å². The summed E-state index contributed by atoms with van der Waals surface area (Å²) in [6, 6.07) is 6.61. The van der Waals surface area contributed by atoms with Gasteiger partial charge in [0.2, 0.25) is 0 Å². The number of halogens is 1. The summed E-state index contributed by atoms with van der Waals surface area (Å²) < 4.78 is 0. The van der Waals surface area contributed by atoms with Gasteiger partial charge in [-0.05, 0) is 18.2 Å². The molecule has 0 radical (unpaired) electrons. The Bertz CT molecular complexity index is 435. The molecule has 17 heavy (non-hydrogen) atoms. The molecule has 1 rings (SSSR count). The molecule has 0 bridgehead atoms. The molecule has 1 aromatic rings. The Hall–Kier alpha value is -1.35. The Morgan fingerprint density at radius 1 is 1.29 bits per heavy atom. The molecule has 4 heteroatoms. The Balaban J connectivity index is 2.60. The number of hydrogen-bond acceptors (Lipinski definition) is 2. The molecule has 1 aromatic carbocycles. The second-order valence-electron chi connectivity index (χ2n) is 4.87. The lowest BCUT2D eigenvalue weighted by Gasteiger charge is -2.16. The van der Waals surface area contributed by atoms with Crippen LogP contribution in [0.1, 0.15) is 31.1 Å². The molecule has 0 saturated heterocycles. The SMILES string of the molecule is CC(C)(C)C(=O)CNC(=O)c1cccc(Cl)c1. The van der Waals surface area contributed by atoms with Gasteiger partial charge in [-0.25, -0.2) is 0 Å². The fraction of sp³-hybridized carbons (Fsp3) is 0.385. The summed E-state index contributed by atoms with van der Waals surface area (Å²) in [5.41, 5.74) is 0.0148. The van der Waals surface area contributed by atoms with E-state index in [-0.39, 0.29) is 18.2 Å². The zero-order chi connectivity index (χ0) is 13.1. The standard InChI is InChI=1S/C13H16ClNO2/c1-13(2,3)11(16)8-15-12(17)9-5-4-6-10(14)7-9/h4-7H,8H2,1-3H3,(H,15,17). The fourth-order valence-corrected chi connectivity index (χ4v) is 1.35. The third-order valence-electron chi connectivity index (χ3n) is 2.33. The molecule has 0 aromatic heterocycles. The minimum absolute atomic E-state index is 0.00659. The molecule has 0 unspecified atom stereocenters. The maximum Gasteiger partial charge on any atom is 0.251 e. The molecule has 0 aliphatic heterocycles. The van der Waals surface area contributed by atoms with Crippen LogP contribution in [0.5, 0.6) is 0 Å². The van der Waals surface area contributed by atoms with Crippen molar-refractivity contribution in [2.45, 2.75) is 20.8 Å². The van der Waals surface area contributed by atoms with Gasteiger partial charge < -0.3 is 5.32 Å². The molecule has 1 amide bonds. The lowest BCUT2D eigenvalue weighted by atomic mass is 9.91. The van der Waals surface area contributed by atoms with Gasteiger partial charge in [-0.3, -0.25) is 9.59 Å². The van der Waals surface area contributed by atoms with Crippen molar-refractivity contribution in [3.05, 3.63) is 34.9 Å². The zero-order valence-corrected chi connectivity index (χ0v) is 11.0. The number of hydrogen-bond donors (Lipinski definition) is 1. The summed E-state index contributed by atoms with van der Waals surface area (Å²) in [5, 5.41) is 3.09. The molecule has 3 nitrogen and oxygen atoms in total. The van der Waals surface area contributed by atoms with Crippen LogP contribution in [-0.4, -0.2) is 18.2 Å². The Morgan fingerprint density at radius 2 is 1.94 bits per heavy atom. The van der Waals surface area contributed by atoms with Crippen LogP contribution >= 0.6 is 11.6 Å². The lowest BCUT2D eigenvalue weighted by Crippen LogP contribution is -2.35. The van der Waals surface area contributed by atoms with Crippen molar-refractivity contribution >= 4 is 23.3 Å². The first-order chi connectivity index (χ1) is 7.80. The van der Waals surface area contributed by atoms with Gasteiger partial charge in [-0.15, -0.1) is 0 Å². The molecule has 92 valence electrons. The van der Waals surface area contributed by atoms with Crippen LogP contribution in [0.3, 0.4) is 0 Å². The van der Waals surface area contributed by atoms with Crippen molar-refractivity contribution in [1.82, 2.24) is 5.32 Å². The monoisotopic (exact) mass is 253 g/mol. The summed E-state index contributed by atoms with van der Waals surface area (Å²) in [6.45, 7) is 5.50. The minimum atomic E-state index is -0.443. The molecule has 0 fully saturated rings. The largest absolute Gasteiger partial charge is 0.345 e. The fourth-order valence-electron chi connectivity index (χ4n) is 1.16. The molecule has 0 spiro atoms. The predicted octanol–water partition coefficient (Wildman–Crippen LogP) is 2.69. The maximum atomic E-state index is 11.7. The molecule has 0 heterocycles. The third kappa shape index (κ3) is 4.19. The van der Waals surface area contributed by atoms with Gasteiger partial charge in [-0.2, -0.15) is 0 Å². The van der Waals surface area contributed by atoms with E-state index in [0.717, 1.165) is 0 Å². The summed E-state index contributed by atoms with van der Waals surface area (Å²) in [7, 11) is 0. The highest BCUT2D eigenvalue weighted by atomic mass is 35.5. The molecule has 0 aliphatic carbocycles. The van der Waals surface area contributed by atoms with E-state index in [1.807, 2.05) is 20.8 Å². The first-order valence-electron chi connectivity index (χ1n) is 5.38. The third-order valence-corrected chi connectivity index (χ3v) is 2.57. The van der Waals surface area contributed by atoms with E-state index >= 15 is 0 Å². The second kappa shape index (κ2) is 5.32. The Kier molecular flexibility index (Phi) is 4.29. The quantitative estimate of drug-likeness (QED) is 0.900. The van der Waals surface area contributed by atoms with Crippen LogP contribution in [-0.2, 0) is 4.79 Å². The lowest BCUT2D eigenvalue weighted by molar-refractivity contribution is -0.125. The summed E-state index contributed by atoms with van der Waals surface area (Å²) in [5.74, 6) is -0.294. The van der Waals surface area contributed by atoms with Crippen LogP contribution in [0.15, 0.2) is 24.3 Å². The smallest absolute Gasteiger partial charge is 0.251 e. The van der Waals surface area contributed by atoms with Crippen LogP contribution in [0, 0.1) is 5.41 Å². The molecule has 0 atom stereocenters. The van der Waals surface area contributed by atoms with Gasteiger partial charge >= 0.3 is 0 Å². The number of carbonyl (C=O) groups excluding carboxylic acids is 2. The second-order valence-corrected chi connectivity index (χ2v) is 5.30. The van der Waals surface area contributed by atoms with Crippen molar-refractivity contribution < 1.29 is 9.59 Å². The minimum Gasteiger partial charge on any atom is -0.345 e. The maximum absolute atomic E-state index is 11.7. The van der Waals surface area contributed by atoms with E-state index in [1.165, 1.54) is 0 Å². The number of amides is 1. The number of rotatable bonds is 3.